The Bertz CT molecular complexity index is 945. The van der Waals surface area contributed by atoms with E-state index in [1.807, 2.05) is 0 Å². The van der Waals surface area contributed by atoms with E-state index < -0.39 is 0 Å². The fraction of sp³-hybridized carbons (Fsp3) is 0.154. The molecule has 27 heavy (non-hydrogen) atoms. The van der Waals surface area contributed by atoms with Gasteiger partial charge in [0.15, 0.2) is 0 Å². The lowest BCUT2D eigenvalue weighted by Crippen LogP contribution is -2.26. The van der Waals surface area contributed by atoms with E-state index in [4.69, 9.17) is 0 Å². The fourth-order valence-corrected chi connectivity index (χ4v) is 3.78. The highest BCUT2D eigenvalue weighted by atomic mass is 15.1. The van der Waals surface area contributed by atoms with E-state index in [1.165, 1.54) is 27.5 Å². The first-order chi connectivity index (χ1) is 13.3. The minimum absolute atomic E-state index is 0.316. The van der Waals surface area contributed by atoms with Crippen molar-refractivity contribution in [2.45, 2.75) is 26.1 Å². The molecule has 0 heterocycles. The zero-order valence-corrected chi connectivity index (χ0v) is 15.8. The molecule has 0 aromatic heterocycles. The predicted molar refractivity (Wildman–Crippen MR) is 114 cm³/mol. The molecule has 0 amide bonds. The molecule has 0 saturated carbocycles. The van der Waals surface area contributed by atoms with Crippen LogP contribution in [0, 0.1) is 0 Å². The molecule has 0 N–H and O–H groups in total. The van der Waals surface area contributed by atoms with E-state index in [0.717, 1.165) is 13.1 Å². The number of fused-ring (bicyclic) bond motifs is 1. The number of hydrogen-bond acceptors (Lipinski definition) is 1. The van der Waals surface area contributed by atoms with Crippen LogP contribution in [0.1, 0.15) is 29.7 Å². The molecule has 0 spiro atoms. The van der Waals surface area contributed by atoms with Gasteiger partial charge in [0.05, 0.1) is 0 Å². The largest absolute Gasteiger partial charge is 0.288 e. The molecule has 0 aliphatic carbocycles. The first-order valence-corrected chi connectivity index (χ1v) is 9.61. The van der Waals surface area contributed by atoms with Gasteiger partial charge in [-0.3, -0.25) is 4.90 Å². The van der Waals surface area contributed by atoms with Crippen LogP contribution < -0.4 is 0 Å². The van der Waals surface area contributed by atoms with Crippen LogP contribution in [-0.4, -0.2) is 4.90 Å². The van der Waals surface area contributed by atoms with Crippen molar-refractivity contribution in [1.82, 2.24) is 4.90 Å². The molecule has 0 aliphatic rings. The van der Waals surface area contributed by atoms with Crippen molar-refractivity contribution in [2.75, 3.05) is 0 Å². The van der Waals surface area contributed by atoms with Gasteiger partial charge in [0, 0.05) is 19.1 Å². The van der Waals surface area contributed by atoms with Crippen molar-refractivity contribution in [1.29, 1.82) is 0 Å². The average molecular weight is 351 g/mol. The van der Waals surface area contributed by atoms with E-state index in [9.17, 15) is 0 Å². The Balaban J connectivity index is 1.70. The summed E-state index contributed by atoms with van der Waals surface area (Å²) in [6.07, 6.45) is 0. The maximum Gasteiger partial charge on any atom is 0.0333 e. The molecule has 4 rings (SSSR count). The maximum atomic E-state index is 2.56. The Morgan fingerprint density at radius 2 is 1.11 bits per heavy atom. The summed E-state index contributed by atoms with van der Waals surface area (Å²) >= 11 is 0. The highest BCUT2D eigenvalue weighted by Crippen LogP contribution is 2.30. The summed E-state index contributed by atoms with van der Waals surface area (Å²) in [7, 11) is 0. The summed E-state index contributed by atoms with van der Waals surface area (Å²) in [5.41, 5.74) is 4.08. The summed E-state index contributed by atoms with van der Waals surface area (Å²) in [6, 6.07) is 37.2. The lowest BCUT2D eigenvalue weighted by Gasteiger charge is -2.30. The molecule has 0 fully saturated rings. The van der Waals surface area contributed by atoms with Crippen molar-refractivity contribution in [3.8, 4) is 0 Å². The topological polar surface area (TPSA) is 3.24 Å². The number of nitrogens with zero attached hydrogens (tertiary/aromatic N) is 1. The standard InChI is InChI=1S/C26H25N/c1-21(25-18-10-16-24-15-8-9-17-26(24)25)27(19-22-11-4-2-5-12-22)20-23-13-6-3-7-14-23/h2-18,21H,19-20H2,1H3/t21-/m1/s1. The molecule has 0 saturated heterocycles. The maximum absolute atomic E-state index is 2.56. The third-order valence-corrected chi connectivity index (χ3v) is 5.28. The zero-order valence-electron chi connectivity index (χ0n) is 15.8. The summed E-state index contributed by atoms with van der Waals surface area (Å²) in [4.78, 5) is 2.56. The minimum atomic E-state index is 0.316. The Morgan fingerprint density at radius 1 is 0.593 bits per heavy atom. The van der Waals surface area contributed by atoms with Gasteiger partial charge >= 0.3 is 0 Å². The van der Waals surface area contributed by atoms with Crippen molar-refractivity contribution >= 4 is 10.8 Å². The number of benzene rings is 4. The molecule has 4 aromatic carbocycles. The second-order valence-electron chi connectivity index (χ2n) is 7.12. The van der Waals surface area contributed by atoms with Gasteiger partial charge in [0.25, 0.3) is 0 Å². The van der Waals surface area contributed by atoms with Crippen molar-refractivity contribution in [2.24, 2.45) is 0 Å². The molecule has 4 aromatic rings. The molecule has 1 nitrogen and oxygen atoms in total. The van der Waals surface area contributed by atoms with E-state index in [2.05, 4.69) is 115 Å². The van der Waals surface area contributed by atoms with Crippen LogP contribution >= 0.6 is 0 Å². The van der Waals surface area contributed by atoms with E-state index >= 15 is 0 Å². The van der Waals surface area contributed by atoms with E-state index in [-0.39, 0.29) is 0 Å². The minimum Gasteiger partial charge on any atom is -0.288 e. The zero-order chi connectivity index (χ0) is 18.5. The summed E-state index contributed by atoms with van der Waals surface area (Å²) in [6.45, 7) is 4.19. The average Bonchev–Trinajstić information content (AvgIpc) is 2.74. The second kappa shape index (κ2) is 8.20. The molecule has 1 heteroatoms. The Labute approximate surface area is 161 Å². The lowest BCUT2D eigenvalue weighted by atomic mass is 9.98. The van der Waals surface area contributed by atoms with Gasteiger partial charge in [-0.2, -0.15) is 0 Å². The second-order valence-corrected chi connectivity index (χ2v) is 7.12. The van der Waals surface area contributed by atoms with Crippen LogP contribution in [0.25, 0.3) is 10.8 Å². The molecular weight excluding hydrogens is 326 g/mol. The van der Waals surface area contributed by atoms with Crippen LogP contribution in [0.4, 0.5) is 0 Å². The first kappa shape index (κ1) is 17.5. The van der Waals surface area contributed by atoms with Gasteiger partial charge in [-0.05, 0) is 34.4 Å². The lowest BCUT2D eigenvalue weighted by molar-refractivity contribution is 0.193. The smallest absolute Gasteiger partial charge is 0.0333 e. The summed E-state index contributed by atoms with van der Waals surface area (Å²) < 4.78 is 0. The summed E-state index contributed by atoms with van der Waals surface area (Å²) in [5.74, 6) is 0. The highest BCUT2D eigenvalue weighted by molar-refractivity contribution is 5.86. The third kappa shape index (κ3) is 4.10. The van der Waals surface area contributed by atoms with Crippen LogP contribution in [-0.2, 0) is 13.1 Å². The Hall–Kier alpha value is -2.90. The van der Waals surface area contributed by atoms with Gasteiger partial charge in [0.1, 0.15) is 0 Å². The molecule has 134 valence electrons. The molecule has 0 aliphatic heterocycles. The predicted octanol–water partition coefficient (Wildman–Crippen LogP) is 6.60. The molecular formula is C26H25N. The van der Waals surface area contributed by atoms with E-state index in [1.54, 1.807) is 0 Å². The fourth-order valence-electron chi connectivity index (χ4n) is 3.78. The number of hydrogen-bond donors (Lipinski definition) is 0. The van der Waals surface area contributed by atoms with Crippen molar-refractivity contribution < 1.29 is 0 Å². The normalized spacial score (nSPS) is 12.4. The SMILES string of the molecule is C[C@H](c1cccc2ccccc12)N(Cc1ccccc1)Cc1ccccc1. The van der Waals surface area contributed by atoms with Gasteiger partial charge in [-0.25, -0.2) is 0 Å². The van der Waals surface area contributed by atoms with Crippen LogP contribution in [0.15, 0.2) is 103 Å². The number of rotatable bonds is 6. The summed E-state index contributed by atoms with van der Waals surface area (Å²) in [5, 5.41) is 2.65. The van der Waals surface area contributed by atoms with Crippen molar-refractivity contribution in [3.63, 3.8) is 0 Å². The first-order valence-electron chi connectivity index (χ1n) is 9.61. The molecule has 0 unspecified atom stereocenters. The van der Waals surface area contributed by atoms with Crippen molar-refractivity contribution in [3.05, 3.63) is 120 Å². The molecule has 0 bridgehead atoms. The van der Waals surface area contributed by atoms with E-state index in [0.29, 0.717) is 6.04 Å². The van der Waals surface area contributed by atoms with Crippen LogP contribution in [0.5, 0.6) is 0 Å². The van der Waals surface area contributed by atoms with Gasteiger partial charge in [-0.15, -0.1) is 0 Å². The van der Waals surface area contributed by atoms with Crippen LogP contribution in [0.3, 0.4) is 0 Å². The monoisotopic (exact) mass is 351 g/mol. The van der Waals surface area contributed by atoms with Gasteiger partial charge in [-0.1, -0.05) is 103 Å². The van der Waals surface area contributed by atoms with Crippen LogP contribution in [0.2, 0.25) is 0 Å². The molecule has 1 atom stereocenters. The van der Waals surface area contributed by atoms with Gasteiger partial charge in [0.2, 0.25) is 0 Å². The third-order valence-electron chi connectivity index (χ3n) is 5.28. The Kier molecular flexibility index (Phi) is 5.32. The highest BCUT2D eigenvalue weighted by Gasteiger charge is 2.18. The quantitative estimate of drug-likeness (QED) is 0.378. The Morgan fingerprint density at radius 3 is 1.74 bits per heavy atom. The van der Waals surface area contributed by atoms with Gasteiger partial charge < -0.3 is 0 Å². The molecule has 0 radical (unpaired) electrons.